The summed E-state index contributed by atoms with van der Waals surface area (Å²) in [5.41, 5.74) is 17.4. The molecule has 1 aromatic heterocycles. The number of anilines is 3. The average molecular weight is 850 g/mol. The van der Waals surface area contributed by atoms with E-state index in [-0.39, 0.29) is 0 Å². The minimum absolute atomic E-state index is 0.459. The minimum atomic E-state index is -0.459. The second-order valence-electron chi connectivity index (χ2n) is 18.3. The van der Waals surface area contributed by atoms with Gasteiger partial charge in [0.15, 0.2) is 0 Å². The van der Waals surface area contributed by atoms with E-state index in [1.807, 2.05) is 0 Å². The van der Waals surface area contributed by atoms with Crippen LogP contribution in [0, 0.1) is 0 Å². The molecule has 0 radical (unpaired) electrons. The number of benzene rings is 12. The lowest BCUT2D eigenvalue weighted by Crippen LogP contribution is -2.26. The van der Waals surface area contributed by atoms with Crippen LogP contribution in [0.15, 0.2) is 241 Å². The van der Waals surface area contributed by atoms with Crippen molar-refractivity contribution in [1.82, 2.24) is 0 Å². The van der Waals surface area contributed by atoms with Crippen molar-refractivity contribution in [2.75, 3.05) is 4.90 Å². The highest BCUT2D eigenvalue weighted by atomic mass is 16.3. The maximum absolute atomic E-state index is 6.83. The summed E-state index contributed by atoms with van der Waals surface area (Å²) in [7, 11) is 0. The third-order valence-corrected chi connectivity index (χ3v) is 15.1. The van der Waals surface area contributed by atoms with E-state index in [2.05, 4.69) is 241 Å². The summed E-state index contributed by atoms with van der Waals surface area (Å²) >= 11 is 0. The maximum atomic E-state index is 6.83. The van der Waals surface area contributed by atoms with Crippen LogP contribution in [0.1, 0.15) is 22.3 Å². The Morgan fingerprint density at radius 1 is 0.269 bits per heavy atom. The second kappa shape index (κ2) is 13.7. The van der Waals surface area contributed by atoms with Crippen molar-refractivity contribution >= 4 is 82.1 Å². The first-order valence-electron chi connectivity index (χ1n) is 23.2. The van der Waals surface area contributed by atoms with Gasteiger partial charge in [0.1, 0.15) is 11.2 Å². The second-order valence-corrected chi connectivity index (χ2v) is 18.3. The summed E-state index contributed by atoms with van der Waals surface area (Å²) < 4.78 is 6.83. The highest BCUT2D eigenvalue weighted by Gasteiger charge is 2.51. The van der Waals surface area contributed by atoms with Gasteiger partial charge < -0.3 is 9.32 Å². The monoisotopic (exact) mass is 849 g/mol. The van der Waals surface area contributed by atoms with Gasteiger partial charge in [0.2, 0.25) is 0 Å². The first-order chi connectivity index (χ1) is 33.2. The van der Waals surface area contributed by atoms with Crippen LogP contribution in [0.5, 0.6) is 0 Å². The fraction of sp³-hybridized carbons (Fsp3) is 0.0154. The Bertz CT molecular complexity index is 4130. The molecule has 13 aromatic rings. The molecule has 0 saturated carbocycles. The molecule has 0 bridgehead atoms. The number of fused-ring (bicyclic) bond motifs is 21. The van der Waals surface area contributed by atoms with Crippen LogP contribution >= 0.6 is 0 Å². The fourth-order valence-corrected chi connectivity index (χ4v) is 12.2. The Morgan fingerprint density at radius 3 is 1.37 bits per heavy atom. The van der Waals surface area contributed by atoms with Gasteiger partial charge in [-0.1, -0.05) is 194 Å². The molecule has 1 spiro atoms. The third-order valence-electron chi connectivity index (χ3n) is 15.1. The number of hydrogen-bond donors (Lipinski definition) is 0. The quantitative estimate of drug-likeness (QED) is 0.164. The van der Waals surface area contributed by atoms with Crippen molar-refractivity contribution in [3.8, 4) is 33.4 Å². The van der Waals surface area contributed by atoms with Gasteiger partial charge in [-0.3, -0.25) is 0 Å². The zero-order chi connectivity index (χ0) is 43.8. The molecule has 0 fully saturated rings. The summed E-state index contributed by atoms with van der Waals surface area (Å²) in [6.45, 7) is 0. The summed E-state index contributed by atoms with van der Waals surface area (Å²) in [5.74, 6) is 0. The number of para-hydroxylation sites is 1. The number of rotatable bonds is 4. The normalized spacial score (nSPS) is 13.2. The lowest BCUT2D eigenvalue weighted by molar-refractivity contribution is 0.674. The van der Waals surface area contributed by atoms with Gasteiger partial charge >= 0.3 is 0 Å². The molecule has 12 aromatic carbocycles. The smallest absolute Gasteiger partial charge is 0.143 e. The van der Waals surface area contributed by atoms with Gasteiger partial charge in [0.05, 0.1) is 5.41 Å². The molecule has 0 atom stereocenters. The molecule has 2 heteroatoms. The van der Waals surface area contributed by atoms with Crippen molar-refractivity contribution < 1.29 is 4.42 Å². The summed E-state index contributed by atoms with van der Waals surface area (Å²) in [6.07, 6.45) is 0. The predicted molar refractivity (Wildman–Crippen MR) is 280 cm³/mol. The average Bonchev–Trinajstić information content (AvgIpc) is 4.04. The van der Waals surface area contributed by atoms with Crippen LogP contribution in [0.25, 0.3) is 98.4 Å². The molecule has 0 aliphatic heterocycles. The van der Waals surface area contributed by atoms with E-state index in [4.69, 9.17) is 4.42 Å². The predicted octanol–water partition coefficient (Wildman–Crippen LogP) is 17.7. The first kappa shape index (κ1) is 36.6. The molecule has 0 unspecified atom stereocenters. The minimum Gasteiger partial charge on any atom is -0.455 e. The van der Waals surface area contributed by atoms with Gasteiger partial charge in [0.25, 0.3) is 0 Å². The van der Waals surface area contributed by atoms with Gasteiger partial charge in [-0.25, -0.2) is 0 Å². The Hall–Kier alpha value is -8.72. The van der Waals surface area contributed by atoms with Crippen molar-refractivity contribution in [3.05, 3.63) is 259 Å². The molecule has 1 heterocycles. The molecule has 67 heavy (non-hydrogen) atoms. The SMILES string of the molecule is c1ccc2c(c1)-c1ccccc1C21c2ccccc2-c2ccc(N(c3ccc(-c4cccc5c4oc4c6ccccc6ccc54)cc3)c3ccc4c5ccccc5c5ccccc5c4c3)cc21. The van der Waals surface area contributed by atoms with Crippen LogP contribution in [0.2, 0.25) is 0 Å². The largest absolute Gasteiger partial charge is 0.455 e. The number of nitrogens with zero attached hydrogens (tertiary/aromatic N) is 1. The van der Waals surface area contributed by atoms with E-state index in [1.54, 1.807) is 0 Å². The Balaban J connectivity index is 0.962. The molecular weight excluding hydrogens is 811 g/mol. The molecule has 0 saturated heterocycles. The van der Waals surface area contributed by atoms with Crippen LogP contribution < -0.4 is 4.90 Å². The van der Waals surface area contributed by atoms with E-state index in [0.717, 1.165) is 55.5 Å². The van der Waals surface area contributed by atoms with E-state index in [1.165, 1.54) is 82.2 Å². The van der Waals surface area contributed by atoms with E-state index in [9.17, 15) is 0 Å². The van der Waals surface area contributed by atoms with Crippen LogP contribution in [0.3, 0.4) is 0 Å². The van der Waals surface area contributed by atoms with Crippen molar-refractivity contribution in [1.29, 1.82) is 0 Å². The lowest BCUT2D eigenvalue weighted by Gasteiger charge is -2.32. The Kier molecular flexibility index (Phi) is 7.46. The number of furan rings is 1. The molecule has 15 rings (SSSR count). The molecular formula is C65H39NO. The van der Waals surface area contributed by atoms with E-state index < -0.39 is 5.41 Å². The first-order valence-corrected chi connectivity index (χ1v) is 23.2. The summed E-state index contributed by atoms with van der Waals surface area (Å²) in [6, 6.07) is 87.6. The molecule has 2 aliphatic carbocycles. The van der Waals surface area contributed by atoms with E-state index in [0.29, 0.717) is 0 Å². The molecule has 0 N–H and O–H groups in total. The zero-order valence-corrected chi connectivity index (χ0v) is 36.4. The van der Waals surface area contributed by atoms with E-state index >= 15 is 0 Å². The van der Waals surface area contributed by atoms with Crippen molar-refractivity contribution in [2.45, 2.75) is 5.41 Å². The maximum Gasteiger partial charge on any atom is 0.143 e. The summed E-state index contributed by atoms with van der Waals surface area (Å²) in [4.78, 5) is 2.46. The van der Waals surface area contributed by atoms with Crippen molar-refractivity contribution in [2.24, 2.45) is 0 Å². The van der Waals surface area contributed by atoms with Crippen LogP contribution in [-0.4, -0.2) is 0 Å². The number of hydrogen-bond acceptors (Lipinski definition) is 2. The highest BCUT2D eigenvalue weighted by molar-refractivity contribution is 6.26. The molecule has 310 valence electrons. The van der Waals surface area contributed by atoms with Gasteiger partial charge in [-0.2, -0.15) is 0 Å². The molecule has 0 amide bonds. The van der Waals surface area contributed by atoms with Crippen LogP contribution in [0.4, 0.5) is 17.1 Å². The third kappa shape index (κ3) is 4.94. The zero-order valence-electron chi connectivity index (χ0n) is 36.4. The van der Waals surface area contributed by atoms with Gasteiger partial charge in [0, 0.05) is 38.8 Å². The summed E-state index contributed by atoms with van der Waals surface area (Å²) in [5, 5.41) is 12.1. The molecule has 2 aliphatic rings. The standard InChI is InChI=1S/C65H39NO/c1-2-15-45-40(14-1)30-35-57-56-24-13-23-46(63(56)67-64(45)57)41-28-31-42(32-29-41)66(43-33-36-51-49-18-4-3-16-47(49)48-17-5-6-19-50(48)58(51)38-43)44-34-37-55-54-22-9-12-27-61(54)65(62(55)39-44)59-25-10-7-20-52(59)53-21-8-11-26-60(53)65/h1-39H. The fourth-order valence-electron chi connectivity index (χ4n) is 12.2. The highest BCUT2D eigenvalue weighted by Crippen LogP contribution is 2.63. The molecule has 2 nitrogen and oxygen atoms in total. The topological polar surface area (TPSA) is 16.4 Å². The Labute approximate surface area is 387 Å². The van der Waals surface area contributed by atoms with Crippen molar-refractivity contribution in [3.63, 3.8) is 0 Å². The van der Waals surface area contributed by atoms with Gasteiger partial charge in [-0.15, -0.1) is 0 Å². The Morgan fingerprint density at radius 2 is 0.716 bits per heavy atom. The van der Waals surface area contributed by atoms with Gasteiger partial charge in [-0.05, 0) is 130 Å². The lowest BCUT2D eigenvalue weighted by atomic mass is 9.70. The van der Waals surface area contributed by atoms with Crippen LogP contribution in [-0.2, 0) is 5.41 Å².